The Kier molecular flexibility index (Phi) is 5.36. The summed E-state index contributed by atoms with van der Waals surface area (Å²) < 4.78 is 1.88. The Morgan fingerprint density at radius 3 is 2.55 bits per heavy atom. The highest BCUT2D eigenvalue weighted by Crippen LogP contribution is 2.14. The molecule has 0 atom stereocenters. The first-order valence-electron chi connectivity index (χ1n) is 7.79. The third-order valence-corrected chi connectivity index (χ3v) is 4.24. The molecule has 0 bridgehead atoms. The Bertz CT molecular complexity index is 658. The number of aryl methyl sites for hydroxylation is 3. The van der Waals surface area contributed by atoms with Gasteiger partial charge in [-0.3, -0.25) is 9.48 Å². The number of carbonyl (C=O) groups excluding carboxylic acids is 1. The normalized spacial score (nSPS) is 10.7. The second-order valence-corrected chi connectivity index (χ2v) is 5.80. The summed E-state index contributed by atoms with van der Waals surface area (Å²) in [6.45, 7) is 6.84. The molecule has 0 unspecified atom stereocenters. The summed E-state index contributed by atoms with van der Waals surface area (Å²) in [5.74, 6) is 0.108. The minimum absolute atomic E-state index is 0.108. The summed E-state index contributed by atoms with van der Waals surface area (Å²) >= 11 is 0. The number of nitrogens with one attached hydrogen (secondary N) is 1. The fraction of sp³-hybridized carbons (Fsp3) is 0.444. The van der Waals surface area contributed by atoms with E-state index >= 15 is 0 Å². The molecule has 0 aliphatic rings. The zero-order chi connectivity index (χ0) is 16.1. The largest absolute Gasteiger partial charge is 0.356 e. The number of benzene rings is 1. The van der Waals surface area contributed by atoms with E-state index in [0.717, 1.165) is 24.2 Å². The van der Waals surface area contributed by atoms with Gasteiger partial charge in [-0.25, -0.2) is 0 Å². The fourth-order valence-corrected chi connectivity index (χ4v) is 2.73. The van der Waals surface area contributed by atoms with Crippen molar-refractivity contribution in [3.8, 4) is 0 Å². The van der Waals surface area contributed by atoms with Gasteiger partial charge < -0.3 is 5.32 Å². The average molecular weight is 299 g/mol. The molecular formula is C18H25N3O. The molecule has 4 heteroatoms. The molecule has 2 aromatic rings. The summed E-state index contributed by atoms with van der Waals surface area (Å²) in [6.07, 6.45) is 2.15. The summed E-state index contributed by atoms with van der Waals surface area (Å²) in [6, 6.07) is 8.29. The van der Waals surface area contributed by atoms with Gasteiger partial charge in [-0.15, -0.1) is 0 Å². The second kappa shape index (κ2) is 7.25. The lowest BCUT2D eigenvalue weighted by molar-refractivity contribution is -0.121. The highest BCUT2D eigenvalue weighted by Gasteiger charge is 2.11. The summed E-state index contributed by atoms with van der Waals surface area (Å²) in [4.78, 5) is 12.0. The molecule has 2 rings (SSSR count). The molecule has 4 nitrogen and oxygen atoms in total. The monoisotopic (exact) mass is 299 g/mol. The molecule has 1 aromatic carbocycles. The first-order valence-corrected chi connectivity index (χ1v) is 7.79. The van der Waals surface area contributed by atoms with Crippen LogP contribution in [0.25, 0.3) is 0 Å². The standard InChI is InChI=1S/C18H25N3O/c1-13-7-5-6-8-16(13)11-12-19-18(22)10-9-17-14(2)20-21(4)15(17)3/h5-8H,9-12H2,1-4H3,(H,19,22). The zero-order valence-corrected chi connectivity index (χ0v) is 13.9. The molecule has 0 fully saturated rings. The third-order valence-electron chi connectivity index (χ3n) is 4.24. The van der Waals surface area contributed by atoms with Gasteiger partial charge in [0, 0.05) is 25.7 Å². The Morgan fingerprint density at radius 1 is 1.18 bits per heavy atom. The number of hydrogen-bond acceptors (Lipinski definition) is 2. The molecule has 0 saturated carbocycles. The minimum Gasteiger partial charge on any atom is -0.356 e. The van der Waals surface area contributed by atoms with Crippen LogP contribution in [-0.4, -0.2) is 22.2 Å². The Morgan fingerprint density at radius 2 is 1.91 bits per heavy atom. The van der Waals surface area contributed by atoms with Crippen molar-refractivity contribution < 1.29 is 4.79 Å². The van der Waals surface area contributed by atoms with Crippen LogP contribution in [0.2, 0.25) is 0 Å². The molecule has 118 valence electrons. The second-order valence-electron chi connectivity index (χ2n) is 5.80. The van der Waals surface area contributed by atoms with E-state index in [-0.39, 0.29) is 5.91 Å². The predicted molar refractivity (Wildman–Crippen MR) is 88.9 cm³/mol. The lowest BCUT2D eigenvalue weighted by Gasteiger charge is -2.08. The van der Waals surface area contributed by atoms with Crippen molar-refractivity contribution in [3.63, 3.8) is 0 Å². The van der Waals surface area contributed by atoms with Crippen molar-refractivity contribution in [2.75, 3.05) is 6.54 Å². The van der Waals surface area contributed by atoms with Crippen LogP contribution >= 0.6 is 0 Å². The number of carbonyl (C=O) groups is 1. The van der Waals surface area contributed by atoms with Crippen LogP contribution in [0.15, 0.2) is 24.3 Å². The SMILES string of the molecule is Cc1ccccc1CCNC(=O)CCc1c(C)nn(C)c1C. The summed E-state index contributed by atoms with van der Waals surface area (Å²) in [7, 11) is 1.94. The fourth-order valence-electron chi connectivity index (χ4n) is 2.73. The maximum absolute atomic E-state index is 12.0. The zero-order valence-electron chi connectivity index (χ0n) is 13.9. The molecule has 1 N–H and O–H groups in total. The van der Waals surface area contributed by atoms with Crippen LogP contribution < -0.4 is 5.32 Å². The highest BCUT2D eigenvalue weighted by atomic mass is 16.1. The van der Waals surface area contributed by atoms with Crippen LogP contribution in [0, 0.1) is 20.8 Å². The van der Waals surface area contributed by atoms with E-state index in [1.807, 2.05) is 37.7 Å². The van der Waals surface area contributed by atoms with E-state index in [1.54, 1.807) is 0 Å². The van der Waals surface area contributed by atoms with Crippen molar-refractivity contribution in [1.82, 2.24) is 15.1 Å². The van der Waals surface area contributed by atoms with Crippen LogP contribution in [0.4, 0.5) is 0 Å². The van der Waals surface area contributed by atoms with Crippen molar-refractivity contribution >= 4 is 5.91 Å². The molecule has 0 aliphatic heterocycles. The maximum Gasteiger partial charge on any atom is 0.220 e. The van der Waals surface area contributed by atoms with Crippen molar-refractivity contribution in [2.24, 2.45) is 7.05 Å². The average Bonchev–Trinajstić information content (AvgIpc) is 2.72. The molecule has 22 heavy (non-hydrogen) atoms. The van der Waals surface area contributed by atoms with E-state index in [1.165, 1.54) is 16.7 Å². The van der Waals surface area contributed by atoms with Gasteiger partial charge >= 0.3 is 0 Å². The van der Waals surface area contributed by atoms with E-state index in [4.69, 9.17) is 0 Å². The van der Waals surface area contributed by atoms with Gasteiger partial charge in [0.15, 0.2) is 0 Å². The van der Waals surface area contributed by atoms with Crippen LogP contribution in [0.3, 0.4) is 0 Å². The third kappa shape index (κ3) is 3.97. The number of amides is 1. The minimum atomic E-state index is 0.108. The van der Waals surface area contributed by atoms with Gasteiger partial charge in [0.05, 0.1) is 5.69 Å². The van der Waals surface area contributed by atoms with Gasteiger partial charge in [0.25, 0.3) is 0 Å². The van der Waals surface area contributed by atoms with Crippen molar-refractivity contribution in [2.45, 2.75) is 40.0 Å². The van der Waals surface area contributed by atoms with Gasteiger partial charge in [0.2, 0.25) is 5.91 Å². The molecule has 0 radical (unpaired) electrons. The maximum atomic E-state index is 12.0. The van der Waals surface area contributed by atoms with Crippen molar-refractivity contribution in [3.05, 3.63) is 52.3 Å². The van der Waals surface area contributed by atoms with Crippen LogP contribution in [0.5, 0.6) is 0 Å². The van der Waals surface area contributed by atoms with E-state index in [9.17, 15) is 4.79 Å². The first kappa shape index (κ1) is 16.3. The van der Waals surface area contributed by atoms with Gasteiger partial charge in [-0.1, -0.05) is 24.3 Å². The molecule has 0 spiro atoms. The number of aromatic nitrogens is 2. The van der Waals surface area contributed by atoms with Gasteiger partial charge in [0.1, 0.15) is 0 Å². The number of rotatable bonds is 6. The lowest BCUT2D eigenvalue weighted by atomic mass is 10.1. The Labute approximate surface area is 132 Å². The first-order chi connectivity index (χ1) is 10.5. The molecule has 0 saturated heterocycles. The topological polar surface area (TPSA) is 46.9 Å². The molecule has 0 aliphatic carbocycles. The molecule has 1 amide bonds. The van der Waals surface area contributed by atoms with E-state index < -0.39 is 0 Å². The number of hydrogen-bond donors (Lipinski definition) is 1. The van der Waals surface area contributed by atoms with Crippen molar-refractivity contribution in [1.29, 1.82) is 0 Å². The Balaban J connectivity index is 1.78. The molecule has 1 aromatic heterocycles. The lowest BCUT2D eigenvalue weighted by Crippen LogP contribution is -2.26. The highest BCUT2D eigenvalue weighted by molar-refractivity contribution is 5.76. The van der Waals surface area contributed by atoms with Crippen LogP contribution in [0.1, 0.15) is 34.5 Å². The summed E-state index contributed by atoms with van der Waals surface area (Å²) in [5, 5.41) is 7.39. The Hall–Kier alpha value is -2.10. The van der Waals surface area contributed by atoms with E-state index in [0.29, 0.717) is 13.0 Å². The van der Waals surface area contributed by atoms with Gasteiger partial charge in [-0.2, -0.15) is 5.10 Å². The molecular weight excluding hydrogens is 274 g/mol. The number of nitrogens with zero attached hydrogens (tertiary/aromatic N) is 2. The van der Waals surface area contributed by atoms with Crippen LogP contribution in [-0.2, 0) is 24.7 Å². The summed E-state index contributed by atoms with van der Waals surface area (Å²) in [5.41, 5.74) is 5.93. The quantitative estimate of drug-likeness (QED) is 0.891. The molecule has 1 heterocycles. The smallest absolute Gasteiger partial charge is 0.220 e. The predicted octanol–water partition coefficient (Wildman–Crippen LogP) is 2.64. The van der Waals surface area contributed by atoms with Gasteiger partial charge in [-0.05, 0) is 50.3 Å². The van der Waals surface area contributed by atoms with E-state index in [2.05, 4.69) is 29.5 Å².